The molecule has 2 aromatic rings. The van der Waals surface area contributed by atoms with Crippen LogP contribution in [0.15, 0.2) is 48.5 Å². The molecule has 0 aromatic heterocycles. The highest BCUT2D eigenvalue weighted by molar-refractivity contribution is 6.30. The van der Waals surface area contributed by atoms with Crippen LogP contribution in [0.3, 0.4) is 0 Å². The normalized spacial score (nSPS) is 17.7. The first-order chi connectivity index (χ1) is 10.6. The Balaban J connectivity index is 1.76. The summed E-state index contributed by atoms with van der Waals surface area (Å²) in [6, 6.07) is 13.8. The quantitative estimate of drug-likeness (QED) is 0.822. The van der Waals surface area contributed by atoms with Gasteiger partial charge in [0.25, 0.3) is 0 Å². The second kappa shape index (κ2) is 6.49. The summed E-state index contributed by atoms with van der Waals surface area (Å²) in [4.78, 5) is 14.4. The molecule has 1 saturated heterocycles. The Morgan fingerprint density at radius 3 is 2.64 bits per heavy atom. The number of nitrogens with zero attached hydrogens (tertiary/aromatic N) is 1. The predicted octanol–water partition coefficient (Wildman–Crippen LogP) is 4.39. The summed E-state index contributed by atoms with van der Waals surface area (Å²) in [5.41, 5.74) is 1.54. The van der Waals surface area contributed by atoms with Crippen LogP contribution in [-0.4, -0.2) is 17.4 Å². The van der Waals surface area contributed by atoms with E-state index < -0.39 is 0 Å². The number of benzene rings is 2. The van der Waals surface area contributed by atoms with Crippen molar-refractivity contribution >= 4 is 17.5 Å². The average molecular weight is 318 g/mol. The summed E-state index contributed by atoms with van der Waals surface area (Å²) >= 11 is 5.86. The van der Waals surface area contributed by atoms with Crippen molar-refractivity contribution in [2.45, 2.75) is 25.3 Å². The van der Waals surface area contributed by atoms with Crippen molar-refractivity contribution in [3.8, 4) is 0 Å². The van der Waals surface area contributed by atoms with Gasteiger partial charge < -0.3 is 4.90 Å². The molecule has 1 heterocycles. The molecule has 0 spiro atoms. The fraction of sp³-hybridized carbons (Fsp3) is 0.278. The Kier molecular flexibility index (Phi) is 4.44. The van der Waals surface area contributed by atoms with Crippen molar-refractivity contribution in [3.05, 3.63) is 70.5 Å². The Bertz CT molecular complexity index is 671. The minimum absolute atomic E-state index is 0.0353. The van der Waals surface area contributed by atoms with Crippen molar-refractivity contribution in [1.82, 2.24) is 4.90 Å². The van der Waals surface area contributed by atoms with Crippen molar-refractivity contribution in [3.63, 3.8) is 0 Å². The van der Waals surface area contributed by atoms with Gasteiger partial charge >= 0.3 is 0 Å². The van der Waals surface area contributed by atoms with Crippen molar-refractivity contribution in [1.29, 1.82) is 0 Å². The van der Waals surface area contributed by atoms with E-state index >= 15 is 0 Å². The third-order valence-corrected chi connectivity index (χ3v) is 4.36. The second-order valence-corrected chi connectivity index (χ2v) is 6.01. The van der Waals surface area contributed by atoms with Crippen LogP contribution in [-0.2, 0) is 11.2 Å². The summed E-state index contributed by atoms with van der Waals surface area (Å²) in [5, 5.41) is 0.654. The minimum atomic E-state index is -0.237. The van der Waals surface area contributed by atoms with Gasteiger partial charge in [-0.05, 0) is 36.6 Å². The SMILES string of the molecule is O=C(Cc1ccc(Cl)cc1)N1CCC[C@@H]1c1ccccc1F. The molecular formula is C18H17ClFNO. The van der Waals surface area contributed by atoms with Gasteiger partial charge in [0, 0.05) is 17.1 Å². The van der Waals surface area contributed by atoms with Crippen LogP contribution < -0.4 is 0 Å². The van der Waals surface area contributed by atoms with Crippen LogP contribution >= 0.6 is 11.6 Å². The van der Waals surface area contributed by atoms with Crippen LogP contribution in [0.2, 0.25) is 5.02 Å². The first-order valence-corrected chi connectivity index (χ1v) is 7.81. The molecule has 1 aliphatic rings. The molecule has 1 aliphatic heterocycles. The molecule has 0 unspecified atom stereocenters. The number of halogens is 2. The molecule has 2 nitrogen and oxygen atoms in total. The van der Waals surface area contributed by atoms with Crippen LogP contribution in [0, 0.1) is 5.82 Å². The maximum Gasteiger partial charge on any atom is 0.227 e. The van der Waals surface area contributed by atoms with Gasteiger partial charge in [-0.3, -0.25) is 4.79 Å². The van der Waals surface area contributed by atoms with Gasteiger partial charge in [-0.2, -0.15) is 0 Å². The number of amides is 1. The highest BCUT2D eigenvalue weighted by Gasteiger charge is 2.31. The first kappa shape index (κ1) is 15.0. The van der Waals surface area contributed by atoms with E-state index in [-0.39, 0.29) is 17.8 Å². The number of rotatable bonds is 3. The van der Waals surface area contributed by atoms with Gasteiger partial charge in [0.05, 0.1) is 12.5 Å². The van der Waals surface area contributed by atoms with Crippen LogP contribution in [0.5, 0.6) is 0 Å². The summed E-state index contributed by atoms with van der Waals surface area (Å²) in [6.07, 6.45) is 2.04. The Hall–Kier alpha value is -1.87. The highest BCUT2D eigenvalue weighted by atomic mass is 35.5. The monoisotopic (exact) mass is 317 g/mol. The highest BCUT2D eigenvalue weighted by Crippen LogP contribution is 2.33. The number of hydrogen-bond donors (Lipinski definition) is 0. The topological polar surface area (TPSA) is 20.3 Å². The van der Waals surface area contributed by atoms with Crippen molar-refractivity contribution < 1.29 is 9.18 Å². The van der Waals surface area contributed by atoms with Crippen molar-refractivity contribution in [2.24, 2.45) is 0 Å². The molecule has 2 aromatic carbocycles. The van der Waals surface area contributed by atoms with E-state index in [1.54, 1.807) is 29.2 Å². The molecule has 0 N–H and O–H groups in total. The lowest BCUT2D eigenvalue weighted by Crippen LogP contribution is -2.32. The largest absolute Gasteiger partial charge is 0.335 e. The van der Waals surface area contributed by atoms with Gasteiger partial charge in [-0.15, -0.1) is 0 Å². The molecule has 3 rings (SSSR count). The number of hydrogen-bond acceptors (Lipinski definition) is 1. The minimum Gasteiger partial charge on any atom is -0.335 e. The van der Waals surface area contributed by atoms with E-state index in [0.717, 1.165) is 18.4 Å². The molecule has 0 bridgehead atoms. The number of carbonyl (C=O) groups excluding carboxylic acids is 1. The summed E-state index contributed by atoms with van der Waals surface area (Å²) < 4.78 is 14.0. The molecular weight excluding hydrogens is 301 g/mol. The van der Waals surface area contributed by atoms with Gasteiger partial charge in [0.1, 0.15) is 5.82 Å². The molecule has 114 valence electrons. The van der Waals surface area contributed by atoms with Gasteiger partial charge in [-0.25, -0.2) is 4.39 Å². The van der Waals surface area contributed by atoms with E-state index in [0.29, 0.717) is 23.6 Å². The van der Waals surface area contributed by atoms with E-state index in [1.165, 1.54) is 6.07 Å². The average Bonchev–Trinajstić information content (AvgIpc) is 2.99. The fourth-order valence-electron chi connectivity index (χ4n) is 3.01. The second-order valence-electron chi connectivity index (χ2n) is 5.57. The number of likely N-dealkylation sites (tertiary alicyclic amines) is 1. The van der Waals surface area contributed by atoms with Gasteiger partial charge in [0.15, 0.2) is 0 Å². The van der Waals surface area contributed by atoms with Gasteiger partial charge in [-0.1, -0.05) is 41.9 Å². The molecule has 22 heavy (non-hydrogen) atoms. The lowest BCUT2D eigenvalue weighted by Gasteiger charge is -2.25. The zero-order valence-electron chi connectivity index (χ0n) is 12.1. The molecule has 1 fully saturated rings. The molecule has 4 heteroatoms. The Labute approximate surface area is 134 Å². The van der Waals surface area contributed by atoms with E-state index in [4.69, 9.17) is 11.6 Å². The number of carbonyl (C=O) groups is 1. The van der Waals surface area contributed by atoms with Gasteiger partial charge in [0.2, 0.25) is 5.91 Å². The standard InChI is InChI=1S/C18H17ClFNO/c19-14-9-7-13(8-10-14)12-18(22)21-11-3-6-17(21)15-4-1-2-5-16(15)20/h1-2,4-5,7-10,17H,3,6,11-12H2/t17-/m1/s1. The third-order valence-electron chi connectivity index (χ3n) is 4.11. The van der Waals surface area contributed by atoms with Crippen LogP contribution in [0.1, 0.15) is 30.0 Å². The van der Waals surface area contributed by atoms with E-state index in [1.807, 2.05) is 18.2 Å². The van der Waals surface area contributed by atoms with Crippen LogP contribution in [0.4, 0.5) is 4.39 Å². The molecule has 0 saturated carbocycles. The Morgan fingerprint density at radius 1 is 1.18 bits per heavy atom. The molecule has 1 atom stereocenters. The van der Waals surface area contributed by atoms with Crippen LogP contribution in [0.25, 0.3) is 0 Å². The maximum absolute atomic E-state index is 14.0. The Morgan fingerprint density at radius 2 is 1.91 bits per heavy atom. The molecule has 0 aliphatic carbocycles. The zero-order valence-corrected chi connectivity index (χ0v) is 12.9. The zero-order chi connectivity index (χ0) is 15.5. The van der Waals surface area contributed by atoms with E-state index in [9.17, 15) is 9.18 Å². The fourth-order valence-corrected chi connectivity index (χ4v) is 3.14. The summed E-state index contributed by atoms with van der Waals surface area (Å²) in [6.45, 7) is 0.686. The maximum atomic E-state index is 14.0. The van der Waals surface area contributed by atoms with E-state index in [2.05, 4.69) is 0 Å². The first-order valence-electron chi connectivity index (χ1n) is 7.43. The lowest BCUT2D eigenvalue weighted by atomic mass is 10.0. The summed E-state index contributed by atoms with van der Waals surface area (Å²) in [7, 11) is 0. The van der Waals surface area contributed by atoms with Crippen molar-refractivity contribution in [2.75, 3.05) is 6.54 Å². The molecule has 0 radical (unpaired) electrons. The lowest BCUT2D eigenvalue weighted by molar-refractivity contribution is -0.131. The smallest absolute Gasteiger partial charge is 0.227 e. The molecule has 1 amide bonds. The predicted molar refractivity (Wildman–Crippen MR) is 85.2 cm³/mol. The third kappa shape index (κ3) is 3.14. The summed E-state index contributed by atoms with van der Waals surface area (Å²) in [5.74, 6) is -0.202.